The second kappa shape index (κ2) is 11.1. The number of pyridine rings is 1. The third kappa shape index (κ3) is 5.39. The van der Waals surface area contributed by atoms with Crippen LogP contribution in [0.4, 0.5) is 10.1 Å². The van der Waals surface area contributed by atoms with E-state index in [0.717, 1.165) is 66.1 Å². The molecule has 1 amide bonds. The molecule has 0 radical (unpaired) electrons. The number of benzene rings is 2. The number of aliphatic imine (C=N–C) groups is 1. The van der Waals surface area contributed by atoms with Crippen molar-refractivity contribution < 1.29 is 9.18 Å². The lowest BCUT2D eigenvalue weighted by Crippen LogP contribution is -2.29. The molecule has 1 fully saturated rings. The zero-order chi connectivity index (χ0) is 24.9. The minimum Gasteiger partial charge on any atom is -0.321 e. The molecule has 6 heteroatoms. The molecule has 0 saturated carbocycles. The van der Waals surface area contributed by atoms with Gasteiger partial charge in [-0.3, -0.25) is 19.7 Å². The van der Waals surface area contributed by atoms with Crippen LogP contribution in [-0.2, 0) is 24.2 Å². The number of carbonyl (C=O) groups excluding carboxylic acids is 1. The van der Waals surface area contributed by atoms with E-state index < -0.39 is 0 Å². The maximum atomic E-state index is 14.5. The van der Waals surface area contributed by atoms with Gasteiger partial charge in [0.15, 0.2) is 0 Å². The fraction of sp³-hybridized carbons (Fsp3) is 0.367. The third-order valence-corrected chi connectivity index (χ3v) is 7.15. The first-order chi connectivity index (χ1) is 17.6. The maximum absolute atomic E-state index is 14.5. The number of fused-ring (bicyclic) bond motifs is 1. The smallest absolute Gasteiger partial charge is 0.274 e. The summed E-state index contributed by atoms with van der Waals surface area (Å²) >= 11 is 0. The van der Waals surface area contributed by atoms with Crippen LogP contribution in [0.3, 0.4) is 0 Å². The van der Waals surface area contributed by atoms with E-state index in [9.17, 15) is 9.18 Å². The van der Waals surface area contributed by atoms with Crippen molar-refractivity contribution in [2.75, 3.05) is 25.0 Å². The molecule has 2 aliphatic rings. The summed E-state index contributed by atoms with van der Waals surface area (Å²) in [6.07, 6.45) is 7.85. The van der Waals surface area contributed by atoms with Crippen LogP contribution in [0.2, 0.25) is 0 Å². The summed E-state index contributed by atoms with van der Waals surface area (Å²) in [4.78, 5) is 25.1. The third-order valence-electron chi connectivity index (χ3n) is 7.15. The van der Waals surface area contributed by atoms with Crippen LogP contribution in [-0.4, -0.2) is 41.1 Å². The summed E-state index contributed by atoms with van der Waals surface area (Å²) in [6, 6.07) is 15.1. The number of likely N-dealkylation sites (tertiary alicyclic amines) is 1. The van der Waals surface area contributed by atoms with Gasteiger partial charge in [-0.25, -0.2) is 4.39 Å². The highest BCUT2D eigenvalue weighted by Crippen LogP contribution is 2.30. The summed E-state index contributed by atoms with van der Waals surface area (Å²) in [5.74, 6) is -0.421. The van der Waals surface area contributed by atoms with Crippen molar-refractivity contribution in [1.29, 1.82) is 0 Å². The molecule has 1 aromatic heterocycles. The Balaban J connectivity index is 1.41. The van der Waals surface area contributed by atoms with E-state index >= 15 is 0 Å². The zero-order valence-electron chi connectivity index (χ0n) is 20.9. The number of aromatic nitrogens is 1. The molecule has 0 bridgehead atoms. The van der Waals surface area contributed by atoms with Crippen molar-refractivity contribution in [3.05, 3.63) is 82.9 Å². The van der Waals surface area contributed by atoms with Crippen molar-refractivity contribution in [2.24, 2.45) is 4.99 Å². The van der Waals surface area contributed by atoms with Gasteiger partial charge >= 0.3 is 0 Å². The van der Waals surface area contributed by atoms with E-state index in [-0.39, 0.29) is 11.7 Å². The number of carbonyl (C=O) groups is 1. The molecule has 2 aromatic carbocycles. The average molecular weight is 485 g/mol. The van der Waals surface area contributed by atoms with Gasteiger partial charge in [0, 0.05) is 30.5 Å². The molecular weight excluding hydrogens is 451 g/mol. The normalized spacial score (nSPS) is 16.1. The summed E-state index contributed by atoms with van der Waals surface area (Å²) in [7, 11) is 0. The monoisotopic (exact) mass is 484 g/mol. The van der Waals surface area contributed by atoms with E-state index in [1.165, 1.54) is 25.3 Å². The molecule has 5 rings (SSSR count). The molecule has 5 nitrogen and oxygen atoms in total. The SMILES string of the molecule is CCc1c(F)cccc1-c1ccc2c(c1)C(C(=O)Nc1ccnc(CN3CCCCC3)c1)=NCCC2. The van der Waals surface area contributed by atoms with Crippen LogP contribution < -0.4 is 5.32 Å². The zero-order valence-corrected chi connectivity index (χ0v) is 20.9. The van der Waals surface area contributed by atoms with Crippen molar-refractivity contribution in [3.63, 3.8) is 0 Å². The summed E-state index contributed by atoms with van der Waals surface area (Å²) in [6.45, 7) is 5.55. The number of halogens is 1. The standard InChI is InChI=1S/C30H33FN4O/c1-2-25-26(9-6-10-28(25)31)22-12-11-21-8-7-14-33-29(27(21)18-22)30(36)34-23-13-15-32-24(19-23)20-35-16-4-3-5-17-35/h6,9-13,15,18-19H,2-5,7-8,14,16-17,20H2,1H3,(H,32,34,36). The van der Waals surface area contributed by atoms with E-state index in [1.54, 1.807) is 12.3 Å². The van der Waals surface area contributed by atoms with Crippen LogP contribution in [0, 0.1) is 5.82 Å². The molecule has 36 heavy (non-hydrogen) atoms. The Morgan fingerprint density at radius 2 is 1.89 bits per heavy atom. The fourth-order valence-corrected chi connectivity index (χ4v) is 5.29. The van der Waals surface area contributed by atoms with Gasteiger partial charge in [0.2, 0.25) is 0 Å². The number of nitrogens with one attached hydrogen (secondary N) is 1. The van der Waals surface area contributed by atoms with Gasteiger partial charge in [-0.2, -0.15) is 0 Å². The highest BCUT2D eigenvalue weighted by molar-refractivity contribution is 6.49. The Kier molecular flexibility index (Phi) is 7.52. The Morgan fingerprint density at radius 3 is 2.72 bits per heavy atom. The number of aryl methyl sites for hydroxylation is 1. The van der Waals surface area contributed by atoms with E-state index in [4.69, 9.17) is 0 Å². The van der Waals surface area contributed by atoms with Gasteiger partial charge in [0.1, 0.15) is 11.5 Å². The molecule has 3 heterocycles. The Labute approximate surface area is 212 Å². The minimum absolute atomic E-state index is 0.199. The molecule has 0 aliphatic carbocycles. The fourth-order valence-electron chi connectivity index (χ4n) is 5.29. The molecule has 1 saturated heterocycles. The minimum atomic E-state index is -0.222. The average Bonchev–Trinajstić information content (AvgIpc) is 3.11. The number of hydrogen-bond donors (Lipinski definition) is 1. The molecule has 3 aromatic rings. The van der Waals surface area contributed by atoms with Crippen LogP contribution in [0.15, 0.2) is 59.7 Å². The van der Waals surface area contributed by atoms with Crippen LogP contribution in [0.25, 0.3) is 11.1 Å². The molecule has 0 unspecified atom stereocenters. The number of amides is 1. The van der Waals surface area contributed by atoms with Crippen molar-refractivity contribution >= 4 is 17.3 Å². The molecule has 0 spiro atoms. The number of nitrogens with zero attached hydrogens (tertiary/aromatic N) is 3. The second-order valence-corrected chi connectivity index (χ2v) is 9.65. The lowest BCUT2D eigenvalue weighted by molar-refractivity contribution is -0.110. The topological polar surface area (TPSA) is 57.6 Å². The predicted octanol–water partition coefficient (Wildman–Crippen LogP) is 5.81. The number of hydrogen-bond acceptors (Lipinski definition) is 4. The van der Waals surface area contributed by atoms with Gasteiger partial charge < -0.3 is 5.32 Å². The quantitative estimate of drug-likeness (QED) is 0.480. The summed E-state index contributed by atoms with van der Waals surface area (Å²) in [5, 5.41) is 3.06. The van der Waals surface area contributed by atoms with Gasteiger partial charge in [-0.15, -0.1) is 0 Å². The largest absolute Gasteiger partial charge is 0.321 e. The first-order valence-corrected chi connectivity index (χ1v) is 13.1. The van der Waals surface area contributed by atoms with E-state index in [1.807, 2.05) is 37.3 Å². The Morgan fingerprint density at radius 1 is 1.03 bits per heavy atom. The van der Waals surface area contributed by atoms with Gasteiger partial charge in [0.25, 0.3) is 5.91 Å². The number of piperidine rings is 1. The van der Waals surface area contributed by atoms with Crippen molar-refractivity contribution in [2.45, 2.75) is 52.0 Å². The van der Waals surface area contributed by atoms with E-state index in [0.29, 0.717) is 24.2 Å². The maximum Gasteiger partial charge on any atom is 0.274 e. The van der Waals surface area contributed by atoms with Gasteiger partial charge in [0.05, 0.1) is 5.69 Å². The van der Waals surface area contributed by atoms with Crippen LogP contribution in [0.5, 0.6) is 0 Å². The summed E-state index contributed by atoms with van der Waals surface area (Å²) < 4.78 is 14.5. The lowest BCUT2D eigenvalue weighted by atomic mass is 9.92. The van der Waals surface area contributed by atoms with Gasteiger partial charge in [-0.1, -0.05) is 37.6 Å². The first-order valence-electron chi connectivity index (χ1n) is 13.1. The highest BCUT2D eigenvalue weighted by atomic mass is 19.1. The van der Waals surface area contributed by atoms with Crippen LogP contribution in [0.1, 0.15) is 55.0 Å². The molecule has 0 atom stereocenters. The molecular formula is C30H33FN4O. The highest BCUT2D eigenvalue weighted by Gasteiger charge is 2.22. The number of rotatable bonds is 6. The second-order valence-electron chi connectivity index (χ2n) is 9.65. The molecule has 186 valence electrons. The molecule has 1 N–H and O–H groups in total. The van der Waals surface area contributed by atoms with Gasteiger partial charge in [-0.05, 0) is 91.7 Å². The van der Waals surface area contributed by atoms with E-state index in [2.05, 4.69) is 26.3 Å². The first kappa shape index (κ1) is 24.3. The summed E-state index contributed by atoms with van der Waals surface area (Å²) in [5.41, 5.74) is 6.50. The Hall–Kier alpha value is -3.38. The Bertz CT molecular complexity index is 1280. The van der Waals surface area contributed by atoms with Crippen LogP contribution >= 0.6 is 0 Å². The van der Waals surface area contributed by atoms with Crippen molar-refractivity contribution in [1.82, 2.24) is 9.88 Å². The molecule has 2 aliphatic heterocycles. The van der Waals surface area contributed by atoms with Crippen molar-refractivity contribution in [3.8, 4) is 11.1 Å². The lowest BCUT2D eigenvalue weighted by Gasteiger charge is -2.26. The number of anilines is 1. The predicted molar refractivity (Wildman–Crippen MR) is 143 cm³/mol.